The summed E-state index contributed by atoms with van der Waals surface area (Å²) in [5.41, 5.74) is 7.25. The van der Waals surface area contributed by atoms with Crippen LogP contribution in [0.15, 0.2) is 22.7 Å². The van der Waals surface area contributed by atoms with Crippen molar-refractivity contribution in [2.24, 2.45) is 0 Å². The van der Waals surface area contributed by atoms with Gasteiger partial charge in [0.1, 0.15) is 0 Å². The average molecular weight is 254 g/mol. The number of rotatable bonds is 1. The molecule has 2 aromatic rings. The summed E-state index contributed by atoms with van der Waals surface area (Å²) >= 11 is 3.35. The molecule has 2 N–H and O–H groups in total. The van der Waals surface area contributed by atoms with Gasteiger partial charge in [-0.2, -0.15) is 4.68 Å². The smallest absolute Gasteiger partial charge is 0.153 e. The molecule has 0 aliphatic heterocycles. The van der Waals surface area contributed by atoms with Crippen LogP contribution in [-0.2, 0) is 0 Å². The second kappa shape index (κ2) is 3.38. The molecular formula is C8H8BrN5. The molecule has 0 amide bonds. The number of aromatic nitrogens is 4. The molecule has 0 bridgehead atoms. The third-order valence-electron chi connectivity index (χ3n) is 1.85. The van der Waals surface area contributed by atoms with Crippen LogP contribution in [0.3, 0.4) is 0 Å². The molecule has 0 spiro atoms. The lowest BCUT2D eigenvalue weighted by Crippen LogP contribution is -2.00. The molecule has 1 aromatic carbocycles. The van der Waals surface area contributed by atoms with Crippen molar-refractivity contribution in [3.05, 3.63) is 28.5 Å². The quantitative estimate of drug-likeness (QED) is 0.779. The summed E-state index contributed by atoms with van der Waals surface area (Å²) in [5, 5.41) is 11.2. The number of hydrogen-bond acceptors (Lipinski definition) is 4. The van der Waals surface area contributed by atoms with Gasteiger partial charge in [-0.25, -0.2) is 0 Å². The minimum absolute atomic E-state index is 0.694. The van der Waals surface area contributed by atoms with E-state index in [1.54, 1.807) is 10.7 Å². The maximum absolute atomic E-state index is 5.67. The maximum Gasteiger partial charge on any atom is 0.153 e. The van der Waals surface area contributed by atoms with Gasteiger partial charge in [0.15, 0.2) is 5.82 Å². The summed E-state index contributed by atoms with van der Waals surface area (Å²) < 4.78 is 2.48. The zero-order chi connectivity index (χ0) is 10.1. The lowest BCUT2D eigenvalue weighted by Gasteiger charge is -2.03. The number of anilines is 1. The van der Waals surface area contributed by atoms with Gasteiger partial charge in [-0.15, -0.1) is 5.10 Å². The van der Waals surface area contributed by atoms with Crippen LogP contribution in [0.4, 0.5) is 5.69 Å². The lowest BCUT2D eigenvalue weighted by molar-refractivity contribution is 0.779. The van der Waals surface area contributed by atoms with E-state index in [9.17, 15) is 0 Å². The first-order valence-corrected chi connectivity index (χ1v) is 4.78. The van der Waals surface area contributed by atoms with Crippen LogP contribution in [0.5, 0.6) is 0 Å². The minimum Gasteiger partial charge on any atom is -0.398 e. The van der Waals surface area contributed by atoms with Crippen molar-refractivity contribution in [1.82, 2.24) is 20.2 Å². The van der Waals surface area contributed by atoms with Crippen LogP contribution in [0.1, 0.15) is 5.82 Å². The molecule has 72 valence electrons. The van der Waals surface area contributed by atoms with Gasteiger partial charge in [0.05, 0.1) is 5.69 Å². The first-order chi connectivity index (χ1) is 6.68. The van der Waals surface area contributed by atoms with Crippen molar-refractivity contribution in [3.63, 3.8) is 0 Å². The predicted molar refractivity (Wildman–Crippen MR) is 56.0 cm³/mol. The fourth-order valence-corrected chi connectivity index (χ4v) is 1.48. The summed E-state index contributed by atoms with van der Waals surface area (Å²) in [7, 11) is 0. The number of nitrogens with two attached hydrogens (primary N) is 1. The van der Waals surface area contributed by atoms with Crippen LogP contribution in [-0.4, -0.2) is 20.2 Å². The number of aryl methyl sites for hydroxylation is 1. The fraction of sp³-hybridized carbons (Fsp3) is 0.125. The summed E-state index contributed by atoms with van der Waals surface area (Å²) in [6.45, 7) is 1.84. The molecule has 0 radical (unpaired) electrons. The highest BCUT2D eigenvalue weighted by atomic mass is 79.9. The molecule has 0 unspecified atom stereocenters. The number of nitrogen functional groups attached to an aromatic ring is 1. The molecule has 0 saturated heterocycles. The van der Waals surface area contributed by atoms with E-state index >= 15 is 0 Å². The summed E-state index contributed by atoms with van der Waals surface area (Å²) in [6, 6.07) is 5.54. The summed E-state index contributed by atoms with van der Waals surface area (Å²) in [6.07, 6.45) is 0. The van der Waals surface area contributed by atoms with E-state index in [4.69, 9.17) is 5.73 Å². The van der Waals surface area contributed by atoms with Gasteiger partial charge in [-0.05, 0) is 51.5 Å². The van der Waals surface area contributed by atoms with E-state index in [1.165, 1.54) is 0 Å². The molecule has 0 saturated carbocycles. The monoisotopic (exact) mass is 253 g/mol. The van der Waals surface area contributed by atoms with Gasteiger partial charge < -0.3 is 5.73 Å². The fourth-order valence-electron chi connectivity index (χ4n) is 1.12. The Bertz CT molecular complexity index is 465. The molecule has 14 heavy (non-hydrogen) atoms. The van der Waals surface area contributed by atoms with Crippen LogP contribution in [0.25, 0.3) is 5.69 Å². The lowest BCUT2D eigenvalue weighted by atomic mass is 10.3. The van der Waals surface area contributed by atoms with Crippen LogP contribution in [0, 0.1) is 6.92 Å². The second-order valence-electron chi connectivity index (χ2n) is 2.84. The molecule has 0 fully saturated rings. The number of tetrazole rings is 1. The Morgan fingerprint density at radius 2 is 2.21 bits per heavy atom. The van der Waals surface area contributed by atoms with Crippen molar-refractivity contribution in [2.45, 2.75) is 6.92 Å². The summed E-state index contributed by atoms with van der Waals surface area (Å²) in [5.74, 6) is 0.738. The Balaban J connectivity index is 2.53. The molecule has 1 heterocycles. The maximum atomic E-state index is 5.67. The molecule has 0 aliphatic carbocycles. The van der Waals surface area contributed by atoms with Crippen molar-refractivity contribution in [2.75, 3.05) is 5.73 Å². The molecule has 0 atom stereocenters. The van der Waals surface area contributed by atoms with Gasteiger partial charge in [-0.3, -0.25) is 0 Å². The highest BCUT2D eigenvalue weighted by Gasteiger charge is 2.04. The first-order valence-electron chi connectivity index (χ1n) is 3.99. The molecule has 2 rings (SSSR count). The Morgan fingerprint density at radius 1 is 1.43 bits per heavy atom. The molecular weight excluding hydrogens is 246 g/mol. The Hall–Kier alpha value is -1.43. The zero-order valence-corrected chi connectivity index (χ0v) is 9.06. The van der Waals surface area contributed by atoms with Gasteiger partial charge in [0.25, 0.3) is 0 Å². The largest absolute Gasteiger partial charge is 0.398 e. The van der Waals surface area contributed by atoms with Crippen molar-refractivity contribution < 1.29 is 0 Å². The van der Waals surface area contributed by atoms with E-state index < -0.39 is 0 Å². The Labute approximate surface area is 89.0 Å². The van der Waals surface area contributed by atoms with Gasteiger partial charge in [-0.1, -0.05) is 0 Å². The first kappa shape index (κ1) is 9.14. The van der Waals surface area contributed by atoms with Crippen molar-refractivity contribution >= 4 is 21.6 Å². The molecule has 0 aliphatic rings. The van der Waals surface area contributed by atoms with Crippen LogP contribution >= 0.6 is 15.9 Å². The standard InChI is InChI=1S/C8H8BrN5/c1-5-11-12-13-14(5)6-2-3-8(10)7(9)4-6/h2-4H,10H2,1H3. The number of benzene rings is 1. The highest BCUT2D eigenvalue weighted by Crippen LogP contribution is 2.22. The van der Waals surface area contributed by atoms with E-state index in [1.807, 2.05) is 19.1 Å². The zero-order valence-electron chi connectivity index (χ0n) is 7.48. The molecule has 1 aromatic heterocycles. The van der Waals surface area contributed by atoms with E-state index in [-0.39, 0.29) is 0 Å². The van der Waals surface area contributed by atoms with Crippen LogP contribution < -0.4 is 5.73 Å². The summed E-state index contributed by atoms with van der Waals surface area (Å²) in [4.78, 5) is 0. The number of halogens is 1. The second-order valence-corrected chi connectivity index (χ2v) is 3.70. The number of nitrogens with zero attached hydrogens (tertiary/aromatic N) is 4. The average Bonchev–Trinajstić information content (AvgIpc) is 2.57. The Morgan fingerprint density at radius 3 is 2.79 bits per heavy atom. The van der Waals surface area contributed by atoms with E-state index in [0.717, 1.165) is 16.0 Å². The van der Waals surface area contributed by atoms with Gasteiger partial charge >= 0.3 is 0 Å². The predicted octanol–water partition coefficient (Wildman–Crippen LogP) is 1.32. The SMILES string of the molecule is Cc1nnnn1-c1ccc(N)c(Br)c1. The highest BCUT2D eigenvalue weighted by molar-refractivity contribution is 9.10. The van der Waals surface area contributed by atoms with E-state index in [2.05, 4.69) is 31.5 Å². The topological polar surface area (TPSA) is 69.6 Å². The third-order valence-corrected chi connectivity index (χ3v) is 2.54. The minimum atomic E-state index is 0.694. The van der Waals surface area contributed by atoms with Gasteiger partial charge in [0.2, 0.25) is 0 Å². The molecule has 5 nitrogen and oxygen atoms in total. The van der Waals surface area contributed by atoms with Crippen molar-refractivity contribution in [3.8, 4) is 5.69 Å². The van der Waals surface area contributed by atoms with E-state index in [0.29, 0.717) is 5.69 Å². The number of hydrogen-bond donors (Lipinski definition) is 1. The Kier molecular flexibility index (Phi) is 2.20. The third kappa shape index (κ3) is 1.48. The van der Waals surface area contributed by atoms with Crippen LogP contribution in [0.2, 0.25) is 0 Å². The molecule has 6 heteroatoms. The van der Waals surface area contributed by atoms with Crippen molar-refractivity contribution in [1.29, 1.82) is 0 Å². The normalized spacial score (nSPS) is 10.4. The van der Waals surface area contributed by atoms with Gasteiger partial charge in [0, 0.05) is 10.2 Å².